The summed E-state index contributed by atoms with van der Waals surface area (Å²) in [4.78, 5) is 14.0. The SMILES string of the molecule is CC(C)n1cc(C2(O)CCCN(C(=O)COCC3CC3)C2)nn1. The van der Waals surface area contributed by atoms with Crippen molar-refractivity contribution in [3.63, 3.8) is 0 Å². The van der Waals surface area contributed by atoms with Crippen molar-refractivity contribution in [2.24, 2.45) is 5.92 Å². The third-order valence-corrected chi connectivity index (χ3v) is 4.62. The minimum absolute atomic E-state index is 0.0555. The number of hydrogen-bond donors (Lipinski definition) is 1. The Morgan fingerprint density at radius 2 is 2.30 bits per heavy atom. The Kier molecular flexibility index (Phi) is 4.68. The standard InChI is InChI=1S/C16H26N4O3/c1-12(2)20-8-14(17-18-20)16(22)6-3-7-19(11-16)15(21)10-23-9-13-4-5-13/h8,12-13,22H,3-7,9-11H2,1-2H3. The molecule has 0 spiro atoms. The zero-order valence-corrected chi connectivity index (χ0v) is 13.9. The van der Waals surface area contributed by atoms with Crippen LogP contribution in [0.3, 0.4) is 0 Å². The number of nitrogens with zero attached hydrogens (tertiary/aromatic N) is 4. The molecule has 1 atom stereocenters. The lowest BCUT2D eigenvalue weighted by Crippen LogP contribution is -2.49. The first-order valence-corrected chi connectivity index (χ1v) is 8.48. The van der Waals surface area contributed by atoms with Gasteiger partial charge in [-0.05, 0) is 45.4 Å². The number of β-amino-alcohol motifs (C(OH)–C–C–N with tert-alkyl or cyclic N) is 1. The van der Waals surface area contributed by atoms with E-state index in [9.17, 15) is 9.90 Å². The molecule has 2 heterocycles. The molecule has 2 aliphatic rings. The van der Waals surface area contributed by atoms with Gasteiger partial charge in [0, 0.05) is 12.6 Å². The number of piperidine rings is 1. The van der Waals surface area contributed by atoms with Crippen LogP contribution in [-0.2, 0) is 15.1 Å². The molecule has 1 amide bonds. The van der Waals surface area contributed by atoms with Gasteiger partial charge < -0.3 is 14.7 Å². The van der Waals surface area contributed by atoms with E-state index in [0.717, 1.165) is 6.42 Å². The molecule has 1 unspecified atom stereocenters. The second kappa shape index (κ2) is 6.57. The van der Waals surface area contributed by atoms with Crippen molar-refractivity contribution in [2.75, 3.05) is 26.3 Å². The average molecular weight is 322 g/mol. The van der Waals surface area contributed by atoms with E-state index in [0.29, 0.717) is 31.2 Å². The van der Waals surface area contributed by atoms with Crippen molar-refractivity contribution < 1.29 is 14.6 Å². The van der Waals surface area contributed by atoms with Gasteiger partial charge in [-0.2, -0.15) is 0 Å². The highest BCUT2D eigenvalue weighted by molar-refractivity contribution is 5.77. The van der Waals surface area contributed by atoms with Crippen molar-refractivity contribution in [3.8, 4) is 0 Å². The molecule has 0 radical (unpaired) electrons. The van der Waals surface area contributed by atoms with Gasteiger partial charge in [-0.15, -0.1) is 5.10 Å². The normalized spacial score (nSPS) is 25.1. The van der Waals surface area contributed by atoms with E-state index in [1.54, 1.807) is 15.8 Å². The first-order chi connectivity index (χ1) is 11.0. The summed E-state index contributed by atoms with van der Waals surface area (Å²) < 4.78 is 7.21. The molecule has 128 valence electrons. The van der Waals surface area contributed by atoms with Crippen molar-refractivity contribution in [1.82, 2.24) is 19.9 Å². The van der Waals surface area contributed by atoms with Crippen LogP contribution in [0, 0.1) is 5.92 Å². The van der Waals surface area contributed by atoms with Gasteiger partial charge in [0.2, 0.25) is 5.91 Å². The molecule has 23 heavy (non-hydrogen) atoms. The van der Waals surface area contributed by atoms with Gasteiger partial charge in [-0.3, -0.25) is 4.79 Å². The Labute approximate surface area is 136 Å². The molecule has 3 rings (SSSR count). The number of aromatic nitrogens is 3. The number of rotatable bonds is 6. The predicted molar refractivity (Wildman–Crippen MR) is 83.7 cm³/mol. The van der Waals surface area contributed by atoms with Gasteiger partial charge in [0.05, 0.1) is 19.3 Å². The number of amides is 1. The van der Waals surface area contributed by atoms with Crippen molar-refractivity contribution in [2.45, 2.75) is 51.2 Å². The highest BCUT2D eigenvalue weighted by atomic mass is 16.5. The molecule has 0 aromatic carbocycles. The molecule has 1 saturated carbocycles. The van der Waals surface area contributed by atoms with E-state index in [-0.39, 0.29) is 25.1 Å². The average Bonchev–Trinajstić information content (AvgIpc) is 3.19. The van der Waals surface area contributed by atoms with Crippen molar-refractivity contribution in [1.29, 1.82) is 0 Å². The Morgan fingerprint density at radius 1 is 1.52 bits per heavy atom. The molecular weight excluding hydrogens is 296 g/mol. The Balaban J connectivity index is 1.59. The van der Waals surface area contributed by atoms with E-state index in [1.165, 1.54) is 12.8 Å². The zero-order valence-electron chi connectivity index (χ0n) is 13.9. The molecule has 1 aliphatic heterocycles. The molecule has 0 bridgehead atoms. The van der Waals surface area contributed by atoms with Crippen LogP contribution < -0.4 is 0 Å². The maximum Gasteiger partial charge on any atom is 0.248 e. The van der Waals surface area contributed by atoms with Gasteiger partial charge in [-0.25, -0.2) is 4.68 Å². The Bertz CT molecular complexity index is 555. The largest absolute Gasteiger partial charge is 0.382 e. The summed E-state index contributed by atoms with van der Waals surface area (Å²) in [5.74, 6) is 0.590. The maximum absolute atomic E-state index is 12.3. The van der Waals surface area contributed by atoms with Crippen LogP contribution in [0.4, 0.5) is 0 Å². The van der Waals surface area contributed by atoms with E-state index >= 15 is 0 Å². The summed E-state index contributed by atoms with van der Waals surface area (Å²) in [6, 6.07) is 0.192. The third kappa shape index (κ3) is 3.90. The van der Waals surface area contributed by atoms with Crippen LogP contribution >= 0.6 is 0 Å². The summed E-state index contributed by atoms with van der Waals surface area (Å²) in [5.41, 5.74) is -0.569. The summed E-state index contributed by atoms with van der Waals surface area (Å²) >= 11 is 0. The van der Waals surface area contributed by atoms with Crippen LogP contribution in [0.2, 0.25) is 0 Å². The smallest absolute Gasteiger partial charge is 0.248 e. The van der Waals surface area contributed by atoms with Gasteiger partial charge in [0.1, 0.15) is 17.9 Å². The van der Waals surface area contributed by atoms with Gasteiger partial charge in [-0.1, -0.05) is 5.21 Å². The first-order valence-electron chi connectivity index (χ1n) is 8.48. The van der Waals surface area contributed by atoms with Crippen LogP contribution in [-0.4, -0.2) is 57.2 Å². The number of likely N-dealkylation sites (tertiary alicyclic amines) is 1. The van der Waals surface area contributed by atoms with Gasteiger partial charge >= 0.3 is 0 Å². The van der Waals surface area contributed by atoms with Crippen LogP contribution in [0.1, 0.15) is 51.3 Å². The second-order valence-electron chi connectivity index (χ2n) is 7.09. The fourth-order valence-electron chi connectivity index (χ4n) is 2.89. The highest BCUT2D eigenvalue weighted by Gasteiger charge is 2.39. The maximum atomic E-state index is 12.3. The minimum Gasteiger partial charge on any atom is -0.382 e. The third-order valence-electron chi connectivity index (χ3n) is 4.62. The molecule has 2 fully saturated rings. The lowest BCUT2D eigenvalue weighted by molar-refractivity contribution is -0.144. The summed E-state index contributed by atoms with van der Waals surface area (Å²) in [5, 5.41) is 19.1. The van der Waals surface area contributed by atoms with E-state index < -0.39 is 5.60 Å². The molecular formula is C16H26N4O3. The Morgan fingerprint density at radius 3 is 2.96 bits per heavy atom. The number of aliphatic hydroxyl groups is 1. The quantitative estimate of drug-likeness (QED) is 0.848. The van der Waals surface area contributed by atoms with Gasteiger partial charge in [0.25, 0.3) is 0 Å². The van der Waals surface area contributed by atoms with Crippen molar-refractivity contribution in [3.05, 3.63) is 11.9 Å². The molecule has 1 N–H and O–H groups in total. The zero-order chi connectivity index (χ0) is 16.4. The summed E-state index contributed by atoms with van der Waals surface area (Å²) in [7, 11) is 0. The molecule has 1 saturated heterocycles. The van der Waals surface area contributed by atoms with E-state index in [4.69, 9.17) is 4.74 Å². The van der Waals surface area contributed by atoms with Crippen LogP contribution in [0.5, 0.6) is 0 Å². The van der Waals surface area contributed by atoms with Crippen LogP contribution in [0.15, 0.2) is 6.20 Å². The first kappa shape index (κ1) is 16.4. The molecule has 7 nitrogen and oxygen atoms in total. The summed E-state index contributed by atoms with van der Waals surface area (Å²) in [6.07, 6.45) is 5.55. The molecule has 1 aromatic heterocycles. The number of ether oxygens (including phenoxy) is 1. The minimum atomic E-state index is -1.11. The van der Waals surface area contributed by atoms with E-state index in [2.05, 4.69) is 10.3 Å². The van der Waals surface area contributed by atoms with Crippen LogP contribution in [0.25, 0.3) is 0 Å². The Hall–Kier alpha value is -1.47. The number of carbonyl (C=O) groups excluding carboxylic acids is 1. The molecule has 1 aliphatic carbocycles. The topological polar surface area (TPSA) is 80.5 Å². The molecule has 7 heteroatoms. The predicted octanol–water partition coefficient (Wildman–Crippen LogP) is 1.10. The lowest BCUT2D eigenvalue weighted by Gasteiger charge is -2.37. The van der Waals surface area contributed by atoms with E-state index in [1.807, 2.05) is 13.8 Å². The number of hydrogen-bond acceptors (Lipinski definition) is 5. The van der Waals surface area contributed by atoms with Gasteiger partial charge in [0.15, 0.2) is 0 Å². The lowest BCUT2D eigenvalue weighted by atomic mass is 9.90. The fraction of sp³-hybridized carbons (Fsp3) is 0.812. The van der Waals surface area contributed by atoms with Crippen molar-refractivity contribution >= 4 is 5.91 Å². The summed E-state index contributed by atoms with van der Waals surface area (Å²) in [6.45, 7) is 5.71. The number of carbonyl (C=O) groups is 1. The molecule has 1 aromatic rings. The highest BCUT2D eigenvalue weighted by Crippen LogP contribution is 2.31. The monoisotopic (exact) mass is 322 g/mol. The second-order valence-corrected chi connectivity index (χ2v) is 7.09. The fourth-order valence-corrected chi connectivity index (χ4v) is 2.89.